The van der Waals surface area contributed by atoms with Crippen molar-refractivity contribution in [1.82, 2.24) is 0 Å². The van der Waals surface area contributed by atoms with Crippen LogP contribution < -0.4 is 10.5 Å². The lowest BCUT2D eigenvalue weighted by Crippen LogP contribution is -2.28. The van der Waals surface area contributed by atoms with Crippen molar-refractivity contribution >= 4 is 10.8 Å². The van der Waals surface area contributed by atoms with Crippen LogP contribution >= 0.6 is 0 Å². The van der Waals surface area contributed by atoms with Crippen LogP contribution in [-0.2, 0) is 4.74 Å². The van der Waals surface area contributed by atoms with Crippen molar-refractivity contribution in [1.29, 1.82) is 0 Å². The SMILES string of the molecule is NCC#Cc1c(OC2CCCOC2)ccc2ccccc12. The number of hydrogen-bond donors (Lipinski definition) is 1. The van der Waals surface area contributed by atoms with Crippen molar-refractivity contribution in [3.05, 3.63) is 42.0 Å². The Morgan fingerprint density at radius 3 is 2.95 bits per heavy atom. The molecule has 0 amide bonds. The van der Waals surface area contributed by atoms with Gasteiger partial charge in [0, 0.05) is 12.0 Å². The molecule has 1 heterocycles. The molecule has 1 aliphatic heterocycles. The molecule has 21 heavy (non-hydrogen) atoms. The van der Waals surface area contributed by atoms with Gasteiger partial charge < -0.3 is 15.2 Å². The quantitative estimate of drug-likeness (QED) is 0.861. The molecule has 0 radical (unpaired) electrons. The maximum absolute atomic E-state index is 6.12. The number of hydrogen-bond acceptors (Lipinski definition) is 3. The third-order valence-corrected chi connectivity index (χ3v) is 3.62. The van der Waals surface area contributed by atoms with E-state index in [1.54, 1.807) is 0 Å². The molecule has 1 aliphatic rings. The van der Waals surface area contributed by atoms with Crippen molar-refractivity contribution < 1.29 is 9.47 Å². The van der Waals surface area contributed by atoms with Gasteiger partial charge in [0.1, 0.15) is 11.9 Å². The molecule has 1 atom stereocenters. The number of fused-ring (bicyclic) bond motifs is 1. The number of benzene rings is 2. The number of ether oxygens (including phenoxy) is 2. The first kappa shape index (κ1) is 13.9. The van der Waals surface area contributed by atoms with Gasteiger partial charge in [0.05, 0.1) is 18.7 Å². The second kappa shape index (κ2) is 6.62. The molecular weight excluding hydrogens is 262 g/mol. The molecule has 3 rings (SSSR count). The fourth-order valence-corrected chi connectivity index (χ4v) is 2.60. The highest BCUT2D eigenvalue weighted by Crippen LogP contribution is 2.29. The van der Waals surface area contributed by atoms with E-state index < -0.39 is 0 Å². The van der Waals surface area contributed by atoms with Crippen molar-refractivity contribution in [2.45, 2.75) is 18.9 Å². The molecule has 3 heteroatoms. The van der Waals surface area contributed by atoms with E-state index in [4.69, 9.17) is 15.2 Å². The van der Waals surface area contributed by atoms with Crippen molar-refractivity contribution in [2.24, 2.45) is 5.73 Å². The van der Waals surface area contributed by atoms with Crippen LogP contribution in [-0.4, -0.2) is 25.9 Å². The molecule has 2 aromatic rings. The Labute approximate surface area is 125 Å². The zero-order valence-electron chi connectivity index (χ0n) is 12.0. The van der Waals surface area contributed by atoms with E-state index in [2.05, 4.69) is 30.0 Å². The first-order chi connectivity index (χ1) is 10.4. The maximum atomic E-state index is 6.12. The van der Waals surface area contributed by atoms with Crippen LogP contribution in [0.15, 0.2) is 36.4 Å². The second-order valence-corrected chi connectivity index (χ2v) is 5.12. The van der Waals surface area contributed by atoms with Gasteiger partial charge in [0.2, 0.25) is 0 Å². The average molecular weight is 281 g/mol. The van der Waals surface area contributed by atoms with Crippen LogP contribution in [0.25, 0.3) is 10.8 Å². The third-order valence-electron chi connectivity index (χ3n) is 3.62. The number of rotatable bonds is 2. The summed E-state index contributed by atoms with van der Waals surface area (Å²) < 4.78 is 11.6. The lowest BCUT2D eigenvalue weighted by atomic mass is 10.0. The molecular formula is C18H19NO2. The van der Waals surface area contributed by atoms with Crippen molar-refractivity contribution in [3.8, 4) is 17.6 Å². The second-order valence-electron chi connectivity index (χ2n) is 5.12. The van der Waals surface area contributed by atoms with E-state index in [0.29, 0.717) is 13.2 Å². The van der Waals surface area contributed by atoms with Crippen LogP contribution in [0.4, 0.5) is 0 Å². The minimum absolute atomic E-state index is 0.110. The van der Waals surface area contributed by atoms with Gasteiger partial charge in [-0.05, 0) is 24.3 Å². The smallest absolute Gasteiger partial charge is 0.136 e. The van der Waals surface area contributed by atoms with Crippen LogP contribution in [0, 0.1) is 11.8 Å². The summed E-state index contributed by atoms with van der Waals surface area (Å²) in [5.74, 6) is 6.93. The summed E-state index contributed by atoms with van der Waals surface area (Å²) in [6.45, 7) is 1.82. The first-order valence-electron chi connectivity index (χ1n) is 7.33. The summed E-state index contributed by atoms with van der Waals surface area (Å²) in [5, 5.41) is 2.26. The van der Waals surface area contributed by atoms with Crippen molar-refractivity contribution in [3.63, 3.8) is 0 Å². The Bertz CT molecular complexity index is 678. The first-order valence-corrected chi connectivity index (χ1v) is 7.33. The van der Waals surface area contributed by atoms with Crippen LogP contribution in [0.5, 0.6) is 5.75 Å². The lowest BCUT2D eigenvalue weighted by molar-refractivity contribution is 0.00738. The average Bonchev–Trinajstić information content (AvgIpc) is 2.55. The monoisotopic (exact) mass is 281 g/mol. The maximum Gasteiger partial charge on any atom is 0.136 e. The molecule has 1 saturated heterocycles. The Kier molecular flexibility index (Phi) is 4.40. The molecule has 3 nitrogen and oxygen atoms in total. The molecule has 1 unspecified atom stereocenters. The lowest BCUT2D eigenvalue weighted by Gasteiger charge is -2.24. The third kappa shape index (κ3) is 3.18. The normalized spacial score (nSPS) is 18.0. The minimum Gasteiger partial charge on any atom is -0.487 e. The predicted molar refractivity (Wildman–Crippen MR) is 84.3 cm³/mol. The fraction of sp³-hybridized carbons (Fsp3) is 0.333. The Hall–Kier alpha value is -2.02. The van der Waals surface area contributed by atoms with E-state index in [1.807, 2.05) is 18.2 Å². The summed E-state index contributed by atoms with van der Waals surface area (Å²) in [7, 11) is 0. The van der Waals surface area contributed by atoms with Crippen LogP contribution in [0.2, 0.25) is 0 Å². The standard InChI is InChI=1S/C18H19NO2/c19-11-3-8-17-16-7-2-1-5-14(16)9-10-18(17)21-15-6-4-12-20-13-15/h1-2,5,7,9-10,15H,4,6,11-13,19H2. The molecule has 2 N–H and O–H groups in total. The topological polar surface area (TPSA) is 44.5 Å². The van der Waals surface area contributed by atoms with Gasteiger partial charge >= 0.3 is 0 Å². The highest BCUT2D eigenvalue weighted by Gasteiger charge is 2.17. The zero-order valence-corrected chi connectivity index (χ0v) is 12.0. The van der Waals surface area contributed by atoms with Crippen molar-refractivity contribution in [2.75, 3.05) is 19.8 Å². The van der Waals surface area contributed by atoms with E-state index in [0.717, 1.165) is 41.5 Å². The van der Waals surface area contributed by atoms with Crippen LogP contribution in [0.3, 0.4) is 0 Å². The van der Waals surface area contributed by atoms with E-state index >= 15 is 0 Å². The zero-order chi connectivity index (χ0) is 14.5. The Morgan fingerprint density at radius 2 is 2.14 bits per heavy atom. The molecule has 0 bridgehead atoms. The van der Waals surface area contributed by atoms with E-state index in [9.17, 15) is 0 Å². The van der Waals surface area contributed by atoms with Gasteiger partial charge in [0.15, 0.2) is 0 Å². The summed E-state index contributed by atoms with van der Waals surface area (Å²) in [5.41, 5.74) is 6.44. The van der Waals surface area contributed by atoms with Gasteiger partial charge in [-0.2, -0.15) is 0 Å². The number of nitrogens with two attached hydrogens (primary N) is 1. The minimum atomic E-state index is 0.110. The molecule has 0 aliphatic carbocycles. The molecule has 0 aromatic heterocycles. The highest BCUT2D eigenvalue weighted by molar-refractivity contribution is 5.90. The summed E-state index contributed by atoms with van der Waals surface area (Å²) >= 11 is 0. The predicted octanol–water partition coefficient (Wildman–Crippen LogP) is 2.71. The summed E-state index contributed by atoms with van der Waals surface area (Å²) in [4.78, 5) is 0. The Balaban J connectivity index is 1.99. The highest BCUT2D eigenvalue weighted by atomic mass is 16.5. The van der Waals surface area contributed by atoms with Gasteiger partial charge in [-0.25, -0.2) is 0 Å². The Morgan fingerprint density at radius 1 is 1.24 bits per heavy atom. The fourth-order valence-electron chi connectivity index (χ4n) is 2.60. The molecule has 1 fully saturated rings. The summed E-state index contributed by atoms with van der Waals surface area (Å²) in [6.07, 6.45) is 2.18. The van der Waals surface area contributed by atoms with Crippen LogP contribution in [0.1, 0.15) is 18.4 Å². The van der Waals surface area contributed by atoms with Gasteiger partial charge in [-0.3, -0.25) is 0 Å². The molecule has 0 saturated carbocycles. The van der Waals surface area contributed by atoms with Gasteiger partial charge in [-0.1, -0.05) is 42.2 Å². The van der Waals surface area contributed by atoms with E-state index in [-0.39, 0.29) is 6.10 Å². The van der Waals surface area contributed by atoms with Gasteiger partial charge in [-0.15, -0.1) is 0 Å². The van der Waals surface area contributed by atoms with Gasteiger partial charge in [0.25, 0.3) is 0 Å². The largest absolute Gasteiger partial charge is 0.487 e. The molecule has 0 spiro atoms. The molecule has 2 aromatic carbocycles. The molecule has 108 valence electrons. The van der Waals surface area contributed by atoms with E-state index in [1.165, 1.54) is 0 Å². The summed E-state index contributed by atoms with van der Waals surface area (Å²) in [6, 6.07) is 12.3.